The number of aryl methyl sites for hydroxylation is 2. The smallest absolute Gasteiger partial charge is 0.00199 e. The van der Waals surface area contributed by atoms with E-state index in [-0.39, 0.29) is 0 Å². The van der Waals surface area contributed by atoms with Crippen LogP contribution in [0, 0.1) is 13.8 Å². The SMILES string of the molecule is Cc1ccc(-c2ccc3c(-c4cc5ccccc5c5ccccc45)c4cc(-c5ccc(C)cc5)cc(-c5cc6ccccc6c6ccccc56)c4cc3c2)cc1. The minimum absolute atomic E-state index is 1.21. The Bertz CT molecular complexity index is 3350. The van der Waals surface area contributed by atoms with Gasteiger partial charge in [-0.3, -0.25) is 0 Å². The highest BCUT2D eigenvalue weighted by Gasteiger charge is 2.20. The summed E-state index contributed by atoms with van der Waals surface area (Å²) in [5.41, 5.74) is 12.4. The first-order valence-corrected chi connectivity index (χ1v) is 19.6. The minimum atomic E-state index is 1.21. The second-order valence-electron chi connectivity index (χ2n) is 15.4. The van der Waals surface area contributed by atoms with E-state index in [1.54, 1.807) is 0 Å². The third-order valence-corrected chi connectivity index (χ3v) is 11.9. The van der Waals surface area contributed by atoms with Gasteiger partial charge in [0.05, 0.1) is 0 Å². The summed E-state index contributed by atoms with van der Waals surface area (Å²) < 4.78 is 0. The summed E-state index contributed by atoms with van der Waals surface area (Å²) in [7, 11) is 0. The van der Waals surface area contributed by atoms with E-state index in [4.69, 9.17) is 0 Å². The molecule has 0 atom stereocenters. The van der Waals surface area contributed by atoms with E-state index >= 15 is 0 Å². The van der Waals surface area contributed by atoms with Crippen molar-refractivity contribution in [1.29, 1.82) is 0 Å². The van der Waals surface area contributed by atoms with E-state index in [0.717, 1.165) is 0 Å². The van der Waals surface area contributed by atoms with E-state index in [9.17, 15) is 0 Å². The lowest BCUT2D eigenvalue weighted by molar-refractivity contribution is 1.47. The molecule has 0 nitrogen and oxygen atoms in total. The van der Waals surface area contributed by atoms with Crippen molar-refractivity contribution in [3.8, 4) is 44.5 Å². The Morgan fingerprint density at radius 3 is 1.30 bits per heavy atom. The van der Waals surface area contributed by atoms with Crippen LogP contribution in [0.15, 0.2) is 194 Å². The van der Waals surface area contributed by atoms with Crippen LogP contribution in [0.2, 0.25) is 0 Å². The predicted molar refractivity (Wildman–Crippen MR) is 243 cm³/mol. The van der Waals surface area contributed by atoms with E-state index in [0.29, 0.717) is 0 Å². The molecule has 56 heavy (non-hydrogen) atoms. The summed E-state index contributed by atoms with van der Waals surface area (Å²) in [6.07, 6.45) is 0. The van der Waals surface area contributed by atoms with Gasteiger partial charge in [0.15, 0.2) is 0 Å². The summed E-state index contributed by atoms with van der Waals surface area (Å²) in [6.45, 7) is 4.32. The van der Waals surface area contributed by atoms with E-state index in [1.165, 1.54) is 120 Å². The number of fused-ring (bicyclic) bond motifs is 8. The van der Waals surface area contributed by atoms with Crippen LogP contribution >= 0.6 is 0 Å². The van der Waals surface area contributed by atoms with Crippen molar-refractivity contribution in [2.45, 2.75) is 13.8 Å². The quantitative estimate of drug-likeness (QED) is 0.126. The average molecular weight is 711 g/mol. The zero-order valence-electron chi connectivity index (χ0n) is 31.5. The Labute approximate surface area is 326 Å². The summed E-state index contributed by atoms with van der Waals surface area (Å²) in [4.78, 5) is 0. The molecule has 11 rings (SSSR count). The summed E-state index contributed by atoms with van der Waals surface area (Å²) in [6, 6.07) is 72.8. The van der Waals surface area contributed by atoms with Gasteiger partial charge in [0.25, 0.3) is 0 Å². The van der Waals surface area contributed by atoms with Crippen LogP contribution in [0.5, 0.6) is 0 Å². The molecule has 0 radical (unpaired) electrons. The fourth-order valence-corrected chi connectivity index (χ4v) is 9.12. The summed E-state index contributed by atoms with van der Waals surface area (Å²) >= 11 is 0. The minimum Gasteiger partial charge on any atom is -0.0616 e. The van der Waals surface area contributed by atoms with Crippen molar-refractivity contribution in [3.05, 3.63) is 205 Å². The molecule has 0 fully saturated rings. The van der Waals surface area contributed by atoms with Crippen molar-refractivity contribution in [1.82, 2.24) is 0 Å². The van der Waals surface area contributed by atoms with Gasteiger partial charge in [-0.05, 0) is 159 Å². The molecule has 0 heteroatoms. The van der Waals surface area contributed by atoms with Crippen molar-refractivity contribution in [3.63, 3.8) is 0 Å². The maximum atomic E-state index is 2.47. The fraction of sp³-hybridized carbons (Fsp3) is 0.0357. The van der Waals surface area contributed by atoms with E-state index in [1.807, 2.05) is 0 Å². The molecule has 0 saturated carbocycles. The lowest BCUT2D eigenvalue weighted by atomic mass is 9.82. The molecule has 0 N–H and O–H groups in total. The lowest BCUT2D eigenvalue weighted by Gasteiger charge is -2.21. The number of benzene rings is 11. The van der Waals surface area contributed by atoms with Gasteiger partial charge in [-0.1, -0.05) is 169 Å². The first-order chi connectivity index (χ1) is 27.6. The molecular formula is C56H38. The number of hydrogen-bond acceptors (Lipinski definition) is 0. The molecule has 0 aromatic heterocycles. The monoisotopic (exact) mass is 710 g/mol. The first-order valence-electron chi connectivity index (χ1n) is 19.6. The van der Waals surface area contributed by atoms with Crippen molar-refractivity contribution >= 4 is 64.6 Å². The van der Waals surface area contributed by atoms with Gasteiger partial charge in [0.2, 0.25) is 0 Å². The number of hydrogen-bond donors (Lipinski definition) is 0. The van der Waals surface area contributed by atoms with Gasteiger partial charge >= 0.3 is 0 Å². The normalized spacial score (nSPS) is 11.8. The van der Waals surface area contributed by atoms with Crippen LogP contribution in [0.4, 0.5) is 0 Å². The van der Waals surface area contributed by atoms with Crippen LogP contribution in [0.25, 0.3) is 109 Å². The Morgan fingerprint density at radius 2 is 0.696 bits per heavy atom. The Balaban J connectivity index is 1.34. The molecule has 0 unspecified atom stereocenters. The molecule has 0 aliphatic rings. The molecule has 11 aromatic rings. The maximum Gasteiger partial charge on any atom is -0.00199 e. The van der Waals surface area contributed by atoms with Gasteiger partial charge in [-0.25, -0.2) is 0 Å². The molecule has 0 amide bonds. The van der Waals surface area contributed by atoms with Crippen LogP contribution in [0.3, 0.4) is 0 Å². The van der Waals surface area contributed by atoms with E-state index in [2.05, 4.69) is 208 Å². The largest absolute Gasteiger partial charge is 0.0616 e. The molecule has 0 bridgehead atoms. The predicted octanol–water partition coefficient (Wildman–Crippen LogP) is 15.9. The molecule has 0 spiro atoms. The third kappa shape index (κ3) is 5.22. The molecule has 0 aliphatic carbocycles. The highest BCUT2D eigenvalue weighted by Crippen LogP contribution is 2.48. The van der Waals surface area contributed by atoms with Crippen LogP contribution in [0.1, 0.15) is 11.1 Å². The van der Waals surface area contributed by atoms with E-state index < -0.39 is 0 Å². The molecule has 262 valence electrons. The van der Waals surface area contributed by atoms with Crippen LogP contribution < -0.4 is 0 Å². The second kappa shape index (κ2) is 12.8. The zero-order valence-corrected chi connectivity index (χ0v) is 31.5. The molecule has 0 aliphatic heterocycles. The molecule has 11 aromatic carbocycles. The van der Waals surface area contributed by atoms with Crippen molar-refractivity contribution in [2.24, 2.45) is 0 Å². The third-order valence-electron chi connectivity index (χ3n) is 11.9. The Hall–Kier alpha value is -7.02. The second-order valence-corrected chi connectivity index (χ2v) is 15.4. The van der Waals surface area contributed by atoms with Gasteiger partial charge in [0.1, 0.15) is 0 Å². The first kappa shape index (κ1) is 32.4. The highest BCUT2D eigenvalue weighted by atomic mass is 14.2. The van der Waals surface area contributed by atoms with Gasteiger partial charge in [-0.15, -0.1) is 0 Å². The molecule has 0 heterocycles. The van der Waals surface area contributed by atoms with Gasteiger partial charge in [0, 0.05) is 0 Å². The average Bonchev–Trinajstić information content (AvgIpc) is 3.25. The highest BCUT2D eigenvalue weighted by molar-refractivity contribution is 6.25. The topological polar surface area (TPSA) is 0 Å². The lowest BCUT2D eigenvalue weighted by Crippen LogP contribution is -1.93. The van der Waals surface area contributed by atoms with Gasteiger partial charge < -0.3 is 0 Å². The maximum absolute atomic E-state index is 2.47. The zero-order chi connectivity index (χ0) is 37.3. The Kier molecular flexibility index (Phi) is 7.41. The Morgan fingerprint density at radius 1 is 0.232 bits per heavy atom. The van der Waals surface area contributed by atoms with Gasteiger partial charge in [-0.2, -0.15) is 0 Å². The standard InChI is InChI=1S/C56H38/c1-35-19-23-37(24-20-35)39-27-28-46-43(29-39)34-53-52(51-30-40-11-3-5-13-44(40)47-15-7-9-17-49(47)51)32-42(38-25-21-36(2)22-26-38)33-55(53)56(46)54-31-41-12-4-6-14-45(41)48-16-8-10-18-50(48)54/h3-34H,1-2H3. The summed E-state index contributed by atoms with van der Waals surface area (Å²) in [5, 5.41) is 15.1. The number of rotatable bonds is 4. The van der Waals surface area contributed by atoms with Crippen LogP contribution in [-0.2, 0) is 0 Å². The fourth-order valence-electron chi connectivity index (χ4n) is 9.12. The van der Waals surface area contributed by atoms with Crippen molar-refractivity contribution in [2.75, 3.05) is 0 Å². The molecular weight excluding hydrogens is 673 g/mol. The molecule has 0 saturated heterocycles. The van der Waals surface area contributed by atoms with Crippen LogP contribution in [-0.4, -0.2) is 0 Å². The summed E-state index contributed by atoms with van der Waals surface area (Å²) in [5.74, 6) is 0. The van der Waals surface area contributed by atoms with Crippen molar-refractivity contribution < 1.29 is 0 Å².